The molecule has 4 nitrogen and oxygen atoms in total. The van der Waals surface area contributed by atoms with Crippen molar-refractivity contribution >= 4 is 0 Å². The lowest BCUT2D eigenvalue weighted by Crippen LogP contribution is -2.23. The zero-order valence-electron chi connectivity index (χ0n) is 9.40. The smallest absolute Gasteiger partial charge is 0.137 e. The first-order chi connectivity index (χ1) is 7.29. The highest BCUT2D eigenvalue weighted by Crippen LogP contribution is 2.39. The molecule has 15 heavy (non-hydrogen) atoms. The average Bonchev–Trinajstić information content (AvgIpc) is 2.90. The lowest BCUT2D eigenvalue weighted by atomic mass is 9.88. The van der Waals surface area contributed by atoms with E-state index >= 15 is 0 Å². The van der Waals surface area contributed by atoms with Crippen molar-refractivity contribution in [3.05, 3.63) is 11.6 Å². The van der Waals surface area contributed by atoms with Crippen molar-refractivity contribution in [2.75, 3.05) is 0 Å². The maximum Gasteiger partial charge on any atom is 0.137 e. The van der Waals surface area contributed by atoms with Gasteiger partial charge in [0.2, 0.25) is 0 Å². The van der Waals surface area contributed by atoms with E-state index in [2.05, 4.69) is 27.0 Å². The minimum absolute atomic E-state index is 0.602. The first kappa shape index (κ1) is 9.33. The van der Waals surface area contributed by atoms with Crippen LogP contribution < -0.4 is 5.32 Å². The van der Waals surface area contributed by atoms with Crippen molar-refractivity contribution in [1.82, 2.24) is 20.1 Å². The normalized spacial score (nSPS) is 33.9. The zero-order valence-corrected chi connectivity index (χ0v) is 9.40. The van der Waals surface area contributed by atoms with Crippen LogP contribution in [0, 0.1) is 6.92 Å². The molecule has 3 atom stereocenters. The van der Waals surface area contributed by atoms with Gasteiger partial charge in [-0.25, -0.2) is 0 Å². The second-order valence-corrected chi connectivity index (χ2v) is 4.74. The fraction of sp³-hybridized carbons (Fsp3) is 0.818. The third-order valence-corrected chi connectivity index (χ3v) is 3.91. The van der Waals surface area contributed by atoms with Crippen LogP contribution in [0.5, 0.6) is 0 Å². The number of fused-ring (bicyclic) bond motifs is 2. The highest BCUT2D eigenvalue weighted by molar-refractivity contribution is 5.13. The van der Waals surface area contributed by atoms with E-state index in [0.29, 0.717) is 12.0 Å². The first-order valence-electron chi connectivity index (χ1n) is 5.95. The Bertz CT molecular complexity index is 371. The Kier molecular flexibility index (Phi) is 2.06. The maximum absolute atomic E-state index is 4.36. The number of hydrogen-bond acceptors (Lipinski definition) is 3. The van der Waals surface area contributed by atoms with Crippen molar-refractivity contribution in [3.63, 3.8) is 0 Å². The summed E-state index contributed by atoms with van der Waals surface area (Å²) in [6.45, 7) is 5.20. The van der Waals surface area contributed by atoms with Gasteiger partial charge in [0.05, 0.1) is 0 Å². The van der Waals surface area contributed by atoms with Gasteiger partial charge in [-0.05, 0) is 33.1 Å². The van der Waals surface area contributed by atoms with E-state index in [4.69, 9.17) is 0 Å². The fourth-order valence-corrected chi connectivity index (χ4v) is 3.17. The van der Waals surface area contributed by atoms with Gasteiger partial charge in [0.15, 0.2) is 0 Å². The molecule has 2 saturated heterocycles. The SMILES string of the molecule is CCn1c(C)nnc1C1CC2CCC1N2. The molecule has 0 radical (unpaired) electrons. The molecule has 2 aliphatic rings. The Morgan fingerprint density at radius 2 is 2.27 bits per heavy atom. The number of aromatic nitrogens is 3. The average molecular weight is 206 g/mol. The van der Waals surface area contributed by atoms with Crippen molar-refractivity contribution in [2.24, 2.45) is 0 Å². The standard InChI is InChI=1S/C11H18N4/c1-3-15-7(2)13-14-11(15)9-6-8-4-5-10(9)12-8/h8-10,12H,3-6H2,1-2H3. The van der Waals surface area contributed by atoms with Gasteiger partial charge >= 0.3 is 0 Å². The first-order valence-corrected chi connectivity index (χ1v) is 5.95. The number of hydrogen-bond donors (Lipinski definition) is 1. The Hall–Kier alpha value is -0.900. The van der Waals surface area contributed by atoms with E-state index in [1.807, 2.05) is 6.92 Å². The van der Waals surface area contributed by atoms with Gasteiger partial charge in [0, 0.05) is 24.5 Å². The van der Waals surface area contributed by atoms with Crippen LogP contribution in [-0.2, 0) is 6.54 Å². The second-order valence-electron chi connectivity index (χ2n) is 4.74. The molecule has 0 aromatic carbocycles. The van der Waals surface area contributed by atoms with Crippen LogP contribution in [0.4, 0.5) is 0 Å². The molecular formula is C11H18N4. The van der Waals surface area contributed by atoms with E-state index in [-0.39, 0.29) is 0 Å². The summed E-state index contributed by atoms with van der Waals surface area (Å²) in [6.07, 6.45) is 3.91. The van der Waals surface area contributed by atoms with Gasteiger partial charge in [0.25, 0.3) is 0 Å². The van der Waals surface area contributed by atoms with E-state index < -0.39 is 0 Å². The Labute approximate surface area is 90.1 Å². The molecule has 82 valence electrons. The molecule has 1 aromatic rings. The summed E-state index contributed by atoms with van der Waals surface area (Å²) in [4.78, 5) is 0. The van der Waals surface area contributed by atoms with Crippen molar-refractivity contribution in [3.8, 4) is 0 Å². The molecule has 2 bridgehead atoms. The van der Waals surface area contributed by atoms with Crippen molar-refractivity contribution in [1.29, 1.82) is 0 Å². The summed E-state index contributed by atoms with van der Waals surface area (Å²) >= 11 is 0. The third-order valence-electron chi connectivity index (χ3n) is 3.91. The van der Waals surface area contributed by atoms with Gasteiger partial charge < -0.3 is 9.88 Å². The van der Waals surface area contributed by atoms with E-state index in [1.165, 1.54) is 25.1 Å². The predicted molar refractivity (Wildman–Crippen MR) is 57.7 cm³/mol. The Balaban J connectivity index is 1.93. The molecule has 3 heterocycles. The number of aryl methyl sites for hydroxylation is 1. The minimum Gasteiger partial charge on any atom is -0.315 e. The maximum atomic E-state index is 4.36. The van der Waals surface area contributed by atoms with Crippen LogP contribution >= 0.6 is 0 Å². The molecule has 1 aromatic heterocycles. The lowest BCUT2D eigenvalue weighted by Gasteiger charge is -2.19. The lowest BCUT2D eigenvalue weighted by molar-refractivity contribution is 0.467. The van der Waals surface area contributed by atoms with Crippen LogP contribution in [0.25, 0.3) is 0 Å². The quantitative estimate of drug-likeness (QED) is 0.791. The summed E-state index contributed by atoms with van der Waals surface area (Å²) in [7, 11) is 0. The number of nitrogens with one attached hydrogen (secondary N) is 1. The second kappa shape index (κ2) is 3.30. The predicted octanol–water partition coefficient (Wildman–Crippen LogP) is 1.21. The van der Waals surface area contributed by atoms with Gasteiger partial charge in [-0.1, -0.05) is 0 Å². The van der Waals surface area contributed by atoms with Gasteiger partial charge in [-0.3, -0.25) is 0 Å². The fourth-order valence-electron chi connectivity index (χ4n) is 3.17. The Morgan fingerprint density at radius 3 is 2.87 bits per heavy atom. The van der Waals surface area contributed by atoms with Crippen LogP contribution in [-0.4, -0.2) is 26.8 Å². The van der Waals surface area contributed by atoms with Crippen LogP contribution in [0.15, 0.2) is 0 Å². The summed E-state index contributed by atoms with van der Waals surface area (Å²) in [5.41, 5.74) is 0. The van der Waals surface area contributed by atoms with Crippen LogP contribution in [0.2, 0.25) is 0 Å². The number of rotatable bonds is 2. The molecule has 1 N–H and O–H groups in total. The van der Waals surface area contributed by atoms with Gasteiger partial charge in [-0.15, -0.1) is 10.2 Å². The highest BCUT2D eigenvalue weighted by Gasteiger charge is 2.42. The largest absolute Gasteiger partial charge is 0.315 e. The summed E-state index contributed by atoms with van der Waals surface area (Å²) in [6, 6.07) is 1.39. The zero-order chi connectivity index (χ0) is 10.4. The molecule has 2 aliphatic heterocycles. The molecule has 0 saturated carbocycles. The number of nitrogens with zero attached hydrogens (tertiary/aromatic N) is 3. The highest BCUT2D eigenvalue weighted by atomic mass is 15.3. The third kappa shape index (κ3) is 1.31. The summed E-state index contributed by atoms with van der Waals surface area (Å²) < 4.78 is 2.26. The molecule has 0 aliphatic carbocycles. The molecule has 3 rings (SSSR count). The monoisotopic (exact) mass is 206 g/mol. The molecule has 0 spiro atoms. The molecule has 0 amide bonds. The van der Waals surface area contributed by atoms with Crippen LogP contribution in [0.1, 0.15) is 43.8 Å². The van der Waals surface area contributed by atoms with Crippen molar-refractivity contribution in [2.45, 2.75) is 57.7 Å². The Morgan fingerprint density at radius 1 is 1.40 bits per heavy atom. The van der Waals surface area contributed by atoms with Gasteiger partial charge in [0.1, 0.15) is 11.6 Å². The molecule has 2 fully saturated rings. The van der Waals surface area contributed by atoms with Gasteiger partial charge in [-0.2, -0.15) is 0 Å². The summed E-state index contributed by atoms with van der Waals surface area (Å²) in [5.74, 6) is 2.86. The topological polar surface area (TPSA) is 42.7 Å². The molecule has 3 unspecified atom stereocenters. The van der Waals surface area contributed by atoms with E-state index in [1.54, 1.807) is 0 Å². The molecule has 4 heteroatoms. The van der Waals surface area contributed by atoms with Crippen LogP contribution in [0.3, 0.4) is 0 Å². The van der Waals surface area contributed by atoms with E-state index in [0.717, 1.165) is 18.4 Å². The van der Waals surface area contributed by atoms with Crippen molar-refractivity contribution < 1.29 is 0 Å². The molecular weight excluding hydrogens is 188 g/mol. The van der Waals surface area contributed by atoms with E-state index in [9.17, 15) is 0 Å². The summed E-state index contributed by atoms with van der Waals surface area (Å²) in [5, 5.41) is 12.2. The minimum atomic E-state index is 0.602.